The molecule has 1 aromatic heterocycles. The zero-order valence-corrected chi connectivity index (χ0v) is 11.7. The molecule has 0 unspecified atom stereocenters. The van der Waals surface area contributed by atoms with Crippen molar-refractivity contribution in [2.45, 2.75) is 12.8 Å². The predicted octanol–water partition coefficient (Wildman–Crippen LogP) is 3.21. The molecule has 1 saturated heterocycles. The molecule has 1 aliphatic heterocycles. The third-order valence-electron chi connectivity index (χ3n) is 3.43. The van der Waals surface area contributed by atoms with E-state index in [0.29, 0.717) is 17.2 Å². The lowest BCUT2D eigenvalue weighted by Crippen LogP contribution is -2.21. The lowest BCUT2D eigenvalue weighted by molar-refractivity contribution is 0.112. The zero-order chi connectivity index (χ0) is 13.9. The van der Waals surface area contributed by atoms with Gasteiger partial charge >= 0.3 is 0 Å². The van der Waals surface area contributed by atoms with Crippen LogP contribution in [0.25, 0.3) is 11.4 Å². The zero-order valence-electron chi connectivity index (χ0n) is 10.9. The summed E-state index contributed by atoms with van der Waals surface area (Å²) in [6, 6.07) is 9.65. The summed E-state index contributed by atoms with van der Waals surface area (Å²) in [5.74, 6) is 1.21. The van der Waals surface area contributed by atoms with Crippen molar-refractivity contribution >= 4 is 23.7 Å². The van der Waals surface area contributed by atoms with Gasteiger partial charge in [0.1, 0.15) is 11.0 Å². The normalized spacial score (nSPS) is 14.6. The number of benzene rings is 1. The summed E-state index contributed by atoms with van der Waals surface area (Å²) in [5, 5.41) is 0.218. The molecular weight excluding hydrogens is 274 g/mol. The Hall–Kier alpha value is -1.94. The van der Waals surface area contributed by atoms with E-state index in [4.69, 9.17) is 11.6 Å². The maximum Gasteiger partial charge on any atom is 0.163 e. The molecule has 3 rings (SSSR count). The topological polar surface area (TPSA) is 46.1 Å². The highest BCUT2D eigenvalue weighted by molar-refractivity contribution is 6.32. The van der Waals surface area contributed by atoms with Crippen LogP contribution in [-0.2, 0) is 0 Å². The number of anilines is 1. The van der Waals surface area contributed by atoms with E-state index in [1.165, 1.54) is 0 Å². The van der Waals surface area contributed by atoms with E-state index in [1.54, 1.807) is 0 Å². The minimum absolute atomic E-state index is 0.218. The van der Waals surface area contributed by atoms with Crippen LogP contribution in [0.5, 0.6) is 0 Å². The van der Waals surface area contributed by atoms with Gasteiger partial charge in [0.05, 0.1) is 5.56 Å². The van der Waals surface area contributed by atoms with Crippen molar-refractivity contribution in [2.75, 3.05) is 18.0 Å². The van der Waals surface area contributed by atoms with E-state index in [-0.39, 0.29) is 5.15 Å². The second kappa shape index (κ2) is 5.59. The standard InChI is InChI=1S/C15H14ClN3O/c16-13-12(10-20)15(19-8-4-5-9-19)18-14(17-13)11-6-2-1-3-7-11/h1-3,6-7,10H,4-5,8-9H2. The third kappa shape index (κ3) is 2.39. The number of aldehydes is 1. The lowest BCUT2D eigenvalue weighted by atomic mass is 10.2. The van der Waals surface area contributed by atoms with Crippen LogP contribution in [0.3, 0.4) is 0 Å². The number of carbonyl (C=O) groups excluding carboxylic acids is 1. The Kier molecular flexibility index (Phi) is 3.65. The summed E-state index contributed by atoms with van der Waals surface area (Å²) in [5.41, 5.74) is 1.28. The first-order valence-corrected chi connectivity index (χ1v) is 7.00. The Morgan fingerprint density at radius 2 is 1.80 bits per heavy atom. The number of aromatic nitrogens is 2. The summed E-state index contributed by atoms with van der Waals surface area (Å²) < 4.78 is 0. The first-order valence-electron chi connectivity index (χ1n) is 6.62. The van der Waals surface area contributed by atoms with Crippen molar-refractivity contribution in [3.63, 3.8) is 0 Å². The van der Waals surface area contributed by atoms with E-state index in [1.807, 2.05) is 30.3 Å². The van der Waals surface area contributed by atoms with Crippen molar-refractivity contribution < 1.29 is 4.79 Å². The molecule has 2 aromatic rings. The number of nitrogens with zero attached hydrogens (tertiary/aromatic N) is 3. The lowest BCUT2D eigenvalue weighted by Gasteiger charge is -2.19. The van der Waals surface area contributed by atoms with Crippen LogP contribution in [0.15, 0.2) is 30.3 Å². The second-order valence-corrected chi connectivity index (χ2v) is 5.11. The Balaban J connectivity index is 2.11. The second-order valence-electron chi connectivity index (χ2n) is 4.75. The van der Waals surface area contributed by atoms with E-state index in [9.17, 15) is 4.79 Å². The Morgan fingerprint density at radius 3 is 2.45 bits per heavy atom. The highest BCUT2D eigenvalue weighted by Crippen LogP contribution is 2.28. The van der Waals surface area contributed by atoms with Crippen LogP contribution in [-0.4, -0.2) is 29.3 Å². The molecule has 0 atom stereocenters. The highest BCUT2D eigenvalue weighted by atomic mass is 35.5. The van der Waals surface area contributed by atoms with Crippen LogP contribution in [0, 0.1) is 0 Å². The van der Waals surface area contributed by atoms with Crippen molar-refractivity contribution in [1.82, 2.24) is 9.97 Å². The largest absolute Gasteiger partial charge is 0.356 e. The van der Waals surface area contributed by atoms with Crippen LogP contribution < -0.4 is 4.90 Å². The molecule has 20 heavy (non-hydrogen) atoms. The molecular formula is C15H14ClN3O. The summed E-state index contributed by atoms with van der Waals surface area (Å²) in [4.78, 5) is 22.2. The van der Waals surface area contributed by atoms with Gasteiger partial charge in [0.25, 0.3) is 0 Å². The number of hydrogen-bond donors (Lipinski definition) is 0. The van der Waals surface area contributed by atoms with Crippen molar-refractivity contribution in [3.8, 4) is 11.4 Å². The maximum atomic E-state index is 11.3. The molecule has 0 spiro atoms. The van der Waals surface area contributed by atoms with Crippen LogP contribution in [0.1, 0.15) is 23.2 Å². The molecule has 1 aliphatic rings. The molecule has 2 heterocycles. The van der Waals surface area contributed by atoms with Gasteiger partial charge in [-0.1, -0.05) is 41.9 Å². The number of hydrogen-bond acceptors (Lipinski definition) is 4. The number of rotatable bonds is 3. The molecule has 4 nitrogen and oxygen atoms in total. The minimum atomic E-state index is 0.218. The first kappa shape index (κ1) is 13.1. The molecule has 0 amide bonds. The Morgan fingerprint density at radius 1 is 1.10 bits per heavy atom. The molecule has 0 radical (unpaired) electrons. The van der Waals surface area contributed by atoms with Crippen LogP contribution in [0.4, 0.5) is 5.82 Å². The van der Waals surface area contributed by atoms with Gasteiger partial charge in [-0.2, -0.15) is 0 Å². The van der Waals surface area contributed by atoms with Gasteiger partial charge in [0.15, 0.2) is 12.1 Å². The fraction of sp³-hybridized carbons (Fsp3) is 0.267. The fourth-order valence-corrected chi connectivity index (χ4v) is 2.63. The van der Waals surface area contributed by atoms with Gasteiger partial charge in [0.2, 0.25) is 0 Å². The molecule has 1 aromatic carbocycles. The average molecular weight is 288 g/mol. The van der Waals surface area contributed by atoms with Gasteiger partial charge in [-0.15, -0.1) is 0 Å². The Labute approximate surface area is 122 Å². The van der Waals surface area contributed by atoms with Gasteiger partial charge < -0.3 is 4.90 Å². The van der Waals surface area contributed by atoms with Crippen molar-refractivity contribution in [2.24, 2.45) is 0 Å². The number of carbonyl (C=O) groups is 1. The SMILES string of the molecule is O=Cc1c(Cl)nc(-c2ccccc2)nc1N1CCCC1. The monoisotopic (exact) mass is 287 g/mol. The minimum Gasteiger partial charge on any atom is -0.356 e. The van der Waals surface area contributed by atoms with Gasteiger partial charge in [-0.05, 0) is 12.8 Å². The van der Waals surface area contributed by atoms with Gasteiger partial charge in [-0.25, -0.2) is 9.97 Å². The highest BCUT2D eigenvalue weighted by Gasteiger charge is 2.21. The smallest absolute Gasteiger partial charge is 0.163 e. The third-order valence-corrected chi connectivity index (χ3v) is 3.72. The first-order chi connectivity index (χ1) is 9.79. The number of halogens is 1. The molecule has 0 saturated carbocycles. The molecule has 102 valence electrons. The van der Waals surface area contributed by atoms with Gasteiger partial charge in [-0.3, -0.25) is 4.79 Å². The van der Waals surface area contributed by atoms with E-state index < -0.39 is 0 Å². The van der Waals surface area contributed by atoms with Crippen molar-refractivity contribution in [1.29, 1.82) is 0 Å². The quantitative estimate of drug-likeness (QED) is 0.642. The van der Waals surface area contributed by atoms with Gasteiger partial charge in [0, 0.05) is 18.7 Å². The maximum absolute atomic E-state index is 11.3. The molecule has 0 N–H and O–H groups in total. The summed E-state index contributed by atoms with van der Waals surface area (Å²) in [6.07, 6.45) is 2.96. The van der Waals surface area contributed by atoms with Crippen molar-refractivity contribution in [3.05, 3.63) is 41.0 Å². The average Bonchev–Trinajstić information content (AvgIpc) is 3.01. The summed E-state index contributed by atoms with van der Waals surface area (Å²) >= 11 is 6.15. The predicted molar refractivity (Wildman–Crippen MR) is 79.3 cm³/mol. The van der Waals surface area contributed by atoms with E-state index in [2.05, 4.69) is 14.9 Å². The van der Waals surface area contributed by atoms with E-state index >= 15 is 0 Å². The Bertz CT molecular complexity index is 625. The molecule has 1 fully saturated rings. The van der Waals surface area contributed by atoms with E-state index in [0.717, 1.165) is 37.8 Å². The van der Waals surface area contributed by atoms with Crippen LogP contribution in [0.2, 0.25) is 5.15 Å². The summed E-state index contributed by atoms with van der Waals surface area (Å²) in [6.45, 7) is 1.81. The van der Waals surface area contributed by atoms with Crippen LogP contribution >= 0.6 is 11.6 Å². The fourth-order valence-electron chi connectivity index (χ4n) is 2.42. The molecule has 0 aliphatic carbocycles. The molecule has 5 heteroatoms. The summed E-state index contributed by atoms with van der Waals surface area (Å²) in [7, 11) is 0. The molecule has 0 bridgehead atoms.